The molecule has 9 heteroatoms. The minimum absolute atomic E-state index is 0.370. The molecular formula is CH4N6O3. The van der Waals surface area contributed by atoms with Gasteiger partial charge in [-0.05, 0) is 5.10 Å². The molecule has 0 aromatic heterocycles. The van der Waals surface area contributed by atoms with Crippen LogP contribution in [0.4, 0.5) is 0 Å². The Balaban J connectivity index is 0.000000180. The van der Waals surface area contributed by atoms with Crippen molar-refractivity contribution in [2.24, 2.45) is 21.3 Å². The number of guanidine groups is 1. The third kappa shape index (κ3) is 6.23. The van der Waals surface area contributed by atoms with Crippen molar-refractivity contribution < 1.29 is 10.5 Å². The molecule has 0 aromatic carbocycles. The molecule has 4 N–H and O–H groups in total. The summed E-state index contributed by atoms with van der Waals surface area (Å²) in [6.45, 7) is 0. The highest BCUT2D eigenvalue weighted by Gasteiger charge is 1.97. The predicted molar refractivity (Wildman–Crippen MR) is 28.8 cm³/mol. The van der Waals surface area contributed by atoms with Crippen molar-refractivity contribution in [3.8, 4) is 0 Å². The van der Waals surface area contributed by atoms with E-state index in [0.717, 1.165) is 0 Å². The maximum absolute atomic E-state index is 8.25. The Morgan fingerprint density at radius 2 is 2.10 bits per heavy atom. The van der Waals surface area contributed by atoms with Gasteiger partial charge in [0, 0.05) is 5.22 Å². The molecule has 0 aromatic rings. The number of hydrogen-bond donors (Lipinski definition) is 2. The van der Waals surface area contributed by atoms with Crippen LogP contribution >= 0.6 is 0 Å². The Labute approximate surface area is 54.3 Å². The molecule has 0 bridgehead atoms. The molecule has 1 aliphatic rings. The van der Waals surface area contributed by atoms with Gasteiger partial charge in [0.2, 0.25) is 0 Å². The highest BCUT2D eigenvalue weighted by atomic mass is 16.9. The SMILES string of the molecule is NC1=NN=N[NH2+]1.O=[N+]([O-])[O-]. The maximum atomic E-state index is 8.25. The van der Waals surface area contributed by atoms with Crippen LogP contribution in [0.25, 0.3) is 0 Å². The van der Waals surface area contributed by atoms with Gasteiger partial charge in [0.25, 0.3) is 0 Å². The fourth-order valence-corrected chi connectivity index (χ4v) is 0.188. The van der Waals surface area contributed by atoms with Crippen molar-refractivity contribution in [1.82, 2.24) is 0 Å². The molecule has 0 aliphatic carbocycles. The first-order valence-electron chi connectivity index (χ1n) is 2.01. The zero-order valence-electron chi connectivity index (χ0n) is 4.67. The van der Waals surface area contributed by atoms with Crippen molar-refractivity contribution in [2.75, 3.05) is 0 Å². The molecule has 0 spiro atoms. The van der Waals surface area contributed by atoms with E-state index in [1.807, 2.05) is 0 Å². The monoisotopic (exact) mass is 148 g/mol. The molecule has 0 radical (unpaired) electrons. The summed E-state index contributed by atoms with van der Waals surface area (Å²) in [6.07, 6.45) is 0. The summed E-state index contributed by atoms with van der Waals surface area (Å²) < 4.78 is 0. The van der Waals surface area contributed by atoms with E-state index in [4.69, 9.17) is 21.1 Å². The highest BCUT2D eigenvalue weighted by molar-refractivity contribution is 5.67. The number of hydrogen-bond acceptors (Lipinski definition) is 7. The lowest BCUT2D eigenvalue weighted by molar-refractivity contribution is -0.549. The van der Waals surface area contributed by atoms with E-state index in [9.17, 15) is 0 Å². The minimum atomic E-state index is -1.75. The minimum Gasteiger partial charge on any atom is -0.356 e. The van der Waals surface area contributed by atoms with Crippen LogP contribution in [0.5, 0.6) is 0 Å². The number of nitrogens with two attached hydrogens (primary N) is 2. The van der Waals surface area contributed by atoms with E-state index >= 15 is 0 Å². The fraction of sp³-hybridized carbons (Fsp3) is 0. The zero-order valence-corrected chi connectivity index (χ0v) is 4.67. The topological polar surface area (TPSA) is 146 Å². The van der Waals surface area contributed by atoms with Gasteiger partial charge in [-0.2, -0.15) is 0 Å². The molecule has 10 heavy (non-hydrogen) atoms. The van der Waals surface area contributed by atoms with Crippen molar-refractivity contribution >= 4 is 5.96 Å². The molecule has 1 rings (SSSR count). The third-order valence-electron chi connectivity index (χ3n) is 0.402. The first kappa shape index (κ1) is 8.23. The van der Waals surface area contributed by atoms with Crippen molar-refractivity contribution in [2.45, 2.75) is 0 Å². The summed E-state index contributed by atoms with van der Waals surface area (Å²) >= 11 is 0. The van der Waals surface area contributed by atoms with E-state index in [0.29, 0.717) is 5.96 Å². The van der Waals surface area contributed by atoms with Crippen molar-refractivity contribution in [3.05, 3.63) is 15.3 Å². The molecule has 0 atom stereocenters. The molecule has 9 nitrogen and oxygen atoms in total. The van der Waals surface area contributed by atoms with Gasteiger partial charge in [0.05, 0.1) is 10.3 Å². The fourth-order valence-electron chi connectivity index (χ4n) is 0.188. The second-order valence-corrected chi connectivity index (χ2v) is 1.08. The molecule has 0 unspecified atom stereocenters. The van der Waals surface area contributed by atoms with Gasteiger partial charge >= 0.3 is 5.96 Å². The summed E-state index contributed by atoms with van der Waals surface area (Å²) in [5.74, 6) is 0.370. The van der Waals surface area contributed by atoms with Crippen LogP contribution in [0.3, 0.4) is 0 Å². The molecule has 0 saturated carbocycles. The van der Waals surface area contributed by atoms with Crippen LogP contribution in [0, 0.1) is 15.3 Å². The van der Waals surface area contributed by atoms with E-state index in [1.165, 1.54) is 5.43 Å². The van der Waals surface area contributed by atoms with Crippen molar-refractivity contribution in [3.63, 3.8) is 0 Å². The van der Waals surface area contributed by atoms with E-state index in [-0.39, 0.29) is 0 Å². The van der Waals surface area contributed by atoms with Crippen LogP contribution in [-0.2, 0) is 0 Å². The lowest BCUT2D eigenvalue weighted by Gasteiger charge is -1.74. The number of quaternary nitrogens is 1. The standard InChI is InChI=1S/CH3N5.NO3/c2-1-3-5-6-4-1;2-1(3)4/h(H3,2,3,4,5,6);/q;-1/p+1. The van der Waals surface area contributed by atoms with Crippen molar-refractivity contribution in [1.29, 1.82) is 0 Å². The van der Waals surface area contributed by atoms with Gasteiger partial charge < -0.3 is 21.1 Å². The molecule has 1 aliphatic heterocycles. The molecule has 0 amide bonds. The molecule has 0 saturated heterocycles. The average molecular weight is 148 g/mol. The zero-order chi connectivity index (χ0) is 7.98. The molecular weight excluding hydrogens is 144 g/mol. The summed E-state index contributed by atoms with van der Waals surface area (Å²) in [5, 5.41) is 24.6. The van der Waals surface area contributed by atoms with E-state index < -0.39 is 5.09 Å². The number of rotatable bonds is 0. The van der Waals surface area contributed by atoms with Crippen LogP contribution in [0.2, 0.25) is 0 Å². The van der Waals surface area contributed by atoms with Crippen LogP contribution in [0.15, 0.2) is 15.5 Å². The Morgan fingerprint density at radius 3 is 2.20 bits per heavy atom. The smallest absolute Gasteiger partial charge is 0.345 e. The average Bonchev–Trinajstić information content (AvgIpc) is 2.15. The quantitative estimate of drug-likeness (QED) is 0.230. The highest BCUT2D eigenvalue weighted by Crippen LogP contribution is 1.69. The first-order chi connectivity index (χ1) is 4.63. The second kappa shape index (κ2) is 4.14. The van der Waals surface area contributed by atoms with Crippen LogP contribution in [0.1, 0.15) is 0 Å². The third-order valence-corrected chi connectivity index (χ3v) is 0.402. The van der Waals surface area contributed by atoms with Gasteiger partial charge in [-0.25, -0.2) is 0 Å². The van der Waals surface area contributed by atoms with Gasteiger partial charge in [-0.1, -0.05) is 0 Å². The summed E-state index contributed by atoms with van der Waals surface area (Å²) in [5.41, 5.74) is 6.43. The van der Waals surface area contributed by atoms with Crippen LogP contribution in [-0.4, -0.2) is 11.0 Å². The second-order valence-electron chi connectivity index (χ2n) is 1.08. The van der Waals surface area contributed by atoms with Gasteiger partial charge in [0.15, 0.2) is 0 Å². The predicted octanol–water partition coefficient (Wildman–Crippen LogP) is -2.08. The Hall–Kier alpha value is -1.77. The molecule has 56 valence electrons. The Bertz CT molecular complexity index is 168. The number of nitrogens with zero attached hydrogens (tertiary/aromatic N) is 4. The summed E-state index contributed by atoms with van der Waals surface area (Å²) in [4.78, 5) is 8.25. The lowest BCUT2D eigenvalue weighted by Crippen LogP contribution is -2.83. The normalized spacial score (nSPS) is 13.4. The molecule has 0 fully saturated rings. The first-order valence-corrected chi connectivity index (χ1v) is 2.01. The summed E-state index contributed by atoms with van der Waals surface area (Å²) in [7, 11) is 0. The van der Waals surface area contributed by atoms with Gasteiger partial charge in [-0.3, -0.25) is 0 Å². The van der Waals surface area contributed by atoms with E-state index in [2.05, 4.69) is 15.5 Å². The molecule has 1 heterocycles. The Kier molecular flexibility index (Phi) is 3.41. The Morgan fingerprint density at radius 1 is 1.60 bits per heavy atom. The van der Waals surface area contributed by atoms with Gasteiger partial charge in [-0.15, -0.1) is 5.43 Å². The maximum Gasteiger partial charge on any atom is 0.345 e. The summed E-state index contributed by atoms with van der Waals surface area (Å²) in [6, 6.07) is 0. The van der Waals surface area contributed by atoms with Gasteiger partial charge in [0.1, 0.15) is 0 Å². The van der Waals surface area contributed by atoms with Crippen LogP contribution < -0.4 is 11.2 Å². The largest absolute Gasteiger partial charge is 0.356 e. The lowest BCUT2D eigenvalue weighted by atomic mass is 11.1. The van der Waals surface area contributed by atoms with E-state index in [1.54, 1.807) is 0 Å².